The molecule has 2 fully saturated rings. The molecule has 144 valence electrons. The number of hydrogen-bond acceptors (Lipinski definition) is 4. The predicted octanol–water partition coefficient (Wildman–Crippen LogP) is 0.996. The molecule has 0 aromatic heterocycles. The topological polar surface area (TPSA) is 75.2 Å². The molecule has 0 saturated carbocycles. The second kappa shape index (κ2) is 11.3. The van der Waals surface area contributed by atoms with Crippen LogP contribution in [0.4, 0.5) is 0 Å². The lowest BCUT2D eigenvalue weighted by atomic mass is 10.0. The number of hydrogen-bond donors (Lipinski definition) is 2. The Balaban J connectivity index is 1.71. The Morgan fingerprint density at radius 2 is 2.08 bits per heavy atom. The van der Waals surface area contributed by atoms with Crippen molar-refractivity contribution in [3.05, 3.63) is 0 Å². The standard InChI is InChI=1S/C18H34N4O3/c1-22(2)17(23)13-21-18(20-12-15-8-11-24-14-15)19-9-5-7-16-6-3-4-10-25-16/h15-16H,3-14H2,1-2H3,(H2,19,20,21). The van der Waals surface area contributed by atoms with Gasteiger partial charge in [0.2, 0.25) is 5.91 Å². The Kier molecular flexibility index (Phi) is 9.04. The number of nitrogens with one attached hydrogen (secondary N) is 2. The SMILES string of the molecule is CN(C)C(=O)CN=C(NCCCC1CCCCO1)NCC1CCOC1. The molecule has 2 atom stereocenters. The van der Waals surface area contributed by atoms with Gasteiger partial charge in [0.25, 0.3) is 0 Å². The van der Waals surface area contributed by atoms with Crippen molar-refractivity contribution in [1.82, 2.24) is 15.5 Å². The molecule has 7 heteroatoms. The first-order valence-electron chi connectivity index (χ1n) is 9.57. The maximum absolute atomic E-state index is 11.8. The van der Waals surface area contributed by atoms with Crippen molar-refractivity contribution in [2.24, 2.45) is 10.9 Å². The third-order valence-electron chi connectivity index (χ3n) is 4.72. The van der Waals surface area contributed by atoms with Gasteiger partial charge < -0.3 is 25.0 Å². The van der Waals surface area contributed by atoms with E-state index in [-0.39, 0.29) is 12.5 Å². The van der Waals surface area contributed by atoms with E-state index in [9.17, 15) is 4.79 Å². The van der Waals surface area contributed by atoms with Crippen LogP contribution in [-0.4, -0.2) is 76.4 Å². The smallest absolute Gasteiger partial charge is 0.243 e. The van der Waals surface area contributed by atoms with Gasteiger partial charge in [0.1, 0.15) is 6.54 Å². The van der Waals surface area contributed by atoms with Gasteiger partial charge in [-0.25, -0.2) is 4.99 Å². The van der Waals surface area contributed by atoms with Gasteiger partial charge in [-0.3, -0.25) is 4.79 Å². The molecule has 2 rings (SSSR count). The fourth-order valence-corrected chi connectivity index (χ4v) is 3.02. The van der Waals surface area contributed by atoms with Crippen LogP contribution in [0.25, 0.3) is 0 Å². The zero-order valence-corrected chi connectivity index (χ0v) is 15.8. The minimum Gasteiger partial charge on any atom is -0.381 e. The molecule has 2 heterocycles. The molecular formula is C18H34N4O3. The quantitative estimate of drug-likeness (QED) is 0.386. The van der Waals surface area contributed by atoms with E-state index in [2.05, 4.69) is 15.6 Å². The first-order chi connectivity index (χ1) is 12.1. The van der Waals surface area contributed by atoms with Crippen molar-refractivity contribution in [1.29, 1.82) is 0 Å². The zero-order chi connectivity index (χ0) is 17.9. The third-order valence-corrected chi connectivity index (χ3v) is 4.72. The second-order valence-electron chi connectivity index (χ2n) is 7.12. The van der Waals surface area contributed by atoms with Gasteiger partial charge in [-0.15, -0.1) is 0 Å². The van der Waals surface area contributed by atoms with Gasteiger partial charge in [0.15, 0.2) is 5.96 Å². The number of carbonyl (C=O) groups is 1. The largest absolute Gasteiger partial charge is 0.381 e. The Morgan fingerprint density at radius 3 is 2.76 bits per heavy atom. The average molecular weight is 354 g/mol. The molecule has 1 amide bonds. The highest BCUT2D eigenvalue weighted by Gasteiger charge is 2.16. The van der Waals surface area contributed by atoms with Crippen LogP contribution in [0.2, 0.25) is 0 Å². The van der Waals surface area contributed by atoms with Gasteiger partial charge in [-0.05, 0) is 38.5 Å². The van der Waals surface area contributed by atoms with Crippen molar-refractivity contribution in [2.45, 2.75) is 44.6 Å². The molecule has 0 bridgehead atoms. The third kappa shape index (κ3) is 8.05. The molecule has 0 aromatic carbocycles. The summed E-state index contributed by atoms with van der Waals surface area (Å²) in [5, 5.41) is 6.70. The number of guanidine groups is 1. The highest BCUT2D eigenvalue weighted by Crippen LogP contribution is 2.16. The summed E-state index contributed by atoms with van der Waals surface area (Å²) in [6, 6.07) is 0. The number of amides is 1. The molecule has 2 aliphatic heterocycles. The lowest BCUT2D eigenvalue weighted by Crippen LogP contribution is -2.41. The molecule has 7 nitrogen and oxygen atoms in total. The number of nitrogens with zero attached hydrogens (tertiary/aromatic N) is 2. The molecule has 0 radical (unpaired) electrons. The van der Waals surface area contributed by atoms with Crippen LogP contribution in [0.3, 0.4) is 0 Å². The summed E-state index contributed by atoms with van der Waals surface area (Å²) in [5.41, 5.74) is 0. The van der Waals surface area contributed by atoms with Crippen LogP contribution < -0.4 is 10.6 Å². The first-order valence-corrected chi connectivity index (χ1v) is 9.57. The molecule has 2 N–H and O–H groups in total. The Labute approximate surface area is 151 Å². The number of ether oxygens (including phenoxy) is 2. The van der Waals surface area contributed by atoms with Crippen LogP contribution in [0, 0.1) is 5.92 Å². The molecule has 25 heavy (non-hydrogen) atoms. The summed E-state index contributed by atoms with van der Waals surface area (Å²) in [7, 11) is 3.50. The summed E-state index contributed by atoms with van der Waals surface area (Å²) < 4.78 is 11.2. The van der Waals surface area contributed by atoms with Crippen LogP contribution in [-0.2, 0) is 14.3 Å². The zero-order valence-electron chi connectivity index (χ0n) is 15.8. The maximum atomic E-state index is 11.8. The summed E-state index contributed by atoms with van der Waals surface area (Å²) in [5.74, 6) is 1.24. The number of aliphatic imine (C=N–C) groups is 1. The number of likely N-dealkylation sites (N-methyl/N-ethyl adjacent to an activating group) is 1. The Bertz CT molecular complexity index is 417. The van der Waals surface area contributed by atoms with E-state index in [4.69, 9.17) is 9.47 Å². The van der Waals surface area contributed by atoms with Crippen molar-refractivity contribution < 1.29 is 14.3 Å². The maximum Gasteiger partial charge on any atom is 0.243 e. The van der Waals surface area contributed by atoms with Crippen LogP contribution in [0.15, 0.2) is 4.99 Å². The Hall–Kier alpha value is -1.34. The normalized spacial score (nSPS) is 24.2. The summed E-state index contributed by atoms with van der Waals surface area (Å²) in [6.07, 6.45) is 7.26. The van der Waals surface area contributed by atoms with E-state index in [0.29, 0.717) is 18.0 Å². The minimum absolute atomic E-state index is 0.000838. The van der Waals surface area contributed by atoms with Gasteiger partial charge >= 0.3 is 0 Å². The van der Waals surface area contributed by atoms with Crippen molar-refractivity contribution in [3.8, 4) is 0 Å². The second-order valence-corrected chi connectivity index (χ2v) is 7.12. The summed E-state index contributed by atoms with van der Waals surface area (Å²) >= 11 is 0. The van der Waals surface area contributed by atoms with Crippen LogP contribution >= 0.6 is 0 Å². The number of carbonyl (C=O) groups excluding carboxylic acids is 1. The van der Waals surface area contributed by atoms with Gasteiger partial charge in [0, 0.05) is 46.3 Å². The summed E-state index contributed by atoms with van der Waals surface area (Å²) in [4.78, 5) is 17.8. The first kappa shape index (κ1) is 20.0. The number of rotatable bonds is 8. The molecule has 2 unspecified atom stereocenters. The van der Waals surface area contributed by atoms with Gasteiger partial charge in [-0.2, -0.15) is 0 Å². The van der Waals surface area contributed by atoms with Crippen molar-refractivity contribution >= 4 is 11.9 Å². The average Bonchev–Trinajstić information content (AvgIpc) is 3.14. The molecule has 0 spiro atoms. The van der Waals surface area contributed by atoms with Crippen molar-refractivity contribution in [2.75, 3.05) is 53.6 Å². The lowest BCUT2D eigenvalue weighted by Gasteiger charge is -2.22. The van der Waals surface area contributed by atoms with E-state index in [0.717, 1.165) is 52.2 Å². The van der Waals surface area contributed by atoms with Crippen molar-refractivity contribution in [3.63, 3.8) is 0 Å². The molecular weight excluding hydrogens is 320 g/mol. The monoisotopic (exact) mass is 354 g/mol. The fraction of sp³-hybridized carbons (Fsp3) is 0.889. The molecule has 0 aliphatic carbocycles. The van der Waals surface area contributed by atoms with E-state index in [1.807, 2.05) is 0 Å². The molecule has 2 aliphatic rings. The van der Waals surface area contributed by atoms with Crippen LogP contribution in [0.1, 0.15) is 38.5 Å². The lowest BCUT2D eigenvalue weighted by molar-refractivity contribution is -0.127. The van der Waals surface area contributed by atoms with Crippen LogP contribution in [0.5, 0.6) is 0 Å². The van der Waals surface area contributed by atoms with E-state index in [1.54, 1.807) is 19.0 Å². The van der Waals surface area contributed by atoms with E-state index >= 15 is 0 Å². The summed E-state index contributed by atoms with van der Waals surface area (Å²) in [6.45, 7) is 4.37. The highest BCUT2D eigenvalue weighted by molar-refractivity contribution is 5.84. The Morgan fingerprint density at radius 1 is 1.20 bits per heavy atom. The fourth-order valence-electron chi connectivity index (χ4n) is 3.02. The van der Waals surface area contributed by atoms with Gasteiger partial charge in [0.05, 0.1) is 12.7 Å². The van der Waals surface area contributed by atoms with Gasteiger partial charge in [-0.1, -0.05) is 0 Å². The van der Waals surface area contributed by atoms with E-state index in [1.165, 1.54) is 19.3 Å². The highest BCUT2D eigenvalue weighted by atomic mass is 16.5. The minimum atomic E-state index is 0.000838. The predicted molar refractivity (Wildman–Crippen MR) is 98.8 cm³/mol. The van der Waals surface area contributed by atoms with E-state index < -0.39 is 0 Å². The molecule has 2 saturated heterocycles. The molecule has 0 aromatic rings.